The van der Waals surface area contributed by atoms with Crippen molar-refractivity contribution in [3.8, 4) is 0 Å². The van der Waals surface area contributed by atoms with Crippen LogP contribution in [0.4, 0.5) is 0 Å². The Morgan fingerprint density at radius 1 is 1.47 bits per heavy atom. The summed E-state index contributed by atoms with van der Waals surface area (Å²) in [6, 6.07) is 0.376. The molecular weight excluding hydrogens is 238 g/mol. The first-order chi connectivity index (χ1) is 8.18. The van der Waals surface area contributed by atoms with Crippen molar-refractivity contribution in [3.05, 3.63) is 0 Å². The molecule has 1 aliphatic rings. The van der Waals surface area contributed by atoms with Crippen molar-refractivity contribution in [2.24, 2.45) is 5.73 Å². The van der Waals surface area contributed by atoms with E-state index < -0.39 is 0 Å². The smallest absolute Gasteiger partial charge is 0.230 e. The van der Waals surface area contributed by atoms with Gasteiger partial charge in [0.25, 0.3) is 0 Å². The monoisotopic (exact) mass is 255 g/mol. The molecule has 0 saturated heterocycles. The molecule has 1 aromatic rings. The predicted octanol–water partition coefficient (Wildman–Crippen LogP) is 1.14. The third-order valence-electron chi connectivity index (χ3n) is 3.07. The van der Waals surface area contributed by atoms with Crippen molar-refractivity contribution in [2.75, 3.05) is 0 Å². The minimum Gasteiger partial charge on any atom is -0.369 e. The summed E-state index contributed by atoms with van der Waals surface area (Å²) < 4.78 is 1.85. The van der Waals surface area contributed by atoms with Gasteiger partial charge in [-0.2, -0.15) is 0 Å². The number of primary amides is 1. The van der Waals surface area contributed by atoms with E-state index >= 15 is 0 Å². The third-order valence-corrected chi connectivity index (χ3v) is 4.13. The number of rotatable bonds is 4. The highest BCUT2D eigenvalue weighted by molar-refractivity contribution is 8.00. The molecule has 1 saturated carbocycles. The van der Waals surface area contributed by atoms with Gasteiger partial charge in [0.2, 0.25) is 11.1 Å². The van der Waals surface area contributed by atoms with Crippen LogP contribution < -0.4 is 5.73 Å². The summed E-state index contributed by atoms with van der Waals surface area (Å²) in [5.74, 6) is -0.340. The van der Waals surface area contributed by atoms with Crippen molar-refractivity contribution < 1.29 is 4.79 Å². The van der Waals surface area contributed by atoms with Gasteiger partial charge in [-0.1, -0.05) is 31.0 Å². The number of nitrogens with zero attached hydrogens (tertiary/aromatic N) is 4. The SMILES string of the molecule is CC(Sc1nnnn1C1CCCCC1)C(N)=O. The second-order valence-electron chi connectivity index (χ2n) is 4.36. The van der Waals surface area contributed by atoms with Crippen molar-refractivity contribution in [2.45, 2.75) is 55.5 Å². The summed E-state index contributed by atoms with van der Waals surface area (Å²) in [5.41, 5.74) is 5.24. The number of carbonyl (C=O) groups is 1. The van der Waals surface area contributed by atoms with Gasteiger partial charge in [0.1, 0.15) is 0 Å². The molecule has 94 valence electrons. The molecule has 1 aliphatic carbocycles. The molecule has 1 fully saturated rings. The standard InChI is InChI=1S/C10H17N5OS/c1-7(9(11)16)17-10-12-13-14-15(10)8-5-3-2-4-6-8/h7-8H,2-6H2,1H3,(H2,11,16). The molecule has 6 nitrogen and oxygen atoms in total. The van der Waals surface area contributed by atoms with Crippen molar-refractivity contribution in [3.63, 3.8) is 0 Å². The second-order valence-corrected chi connectivity index (χ2v) is 5.67. The fourth-order valence-electron chi connectivity index (χ4n) is 2.03. The Labute approximate surface area is 104 Å². The van der Waals surface area contributed by atoms with Gasteiger partial charge < -0.3 is 5.73 Å². The van der Waals surface area contributed by atoms with E-state index in [2.05, 4.69) is 15.5 Å². The zero-order valence-corrected chi connectivity index (χ0v) is 10.7. The van der Waals surface area contributed by atoms with E-state index in [0.29, 0.717) is 11.2 Å². The van der Waals surface area contributed by atoms with E-state index in [-0.39, 0.29) is 11.2 Å². The Morgan fingerprint density at radius 3 is 2.82 bits per heavy atom. The maximum absolute atomic E-state index is 11.0. The van der Waals surface area contributed by atoms with Gasteiger partial charge in [-0.05, 0) is 30.2 Å². The predicted molar refractivity (Wildman–Crippen MR) is 64.5 cm³/mol. The van der Waals surface area contributed by atoms with Crippen LogP contribution in [0.5, 0.6) is 0 Å². The summed E-state index contributed by atoms with van der Waals surface area (Å²) in [5, 5.41) is 12.1. The molecule has 1 heterocycles. The Balaban J connectivity index is 2.07. The number of tetrazole rings is 1. The molecule has 1 atom stereocenters. The summed E-state index contributed by atoms with van der Waals surface area (Å²) >= 11 is 1.33. The number of hydrogen-bond donors (Lipinski definition) is 1. The van der Waals surface area contributed by atoms with Gasteiger partial charge in [0, 0.05) is 0 Å². The summed E-state index contributed by atoms with van der Waals surface area (Å²) in [4.78, 5) is 11.0. The highest BCUT2D eigenvalue weighted by Gasteiger charge is 2.22. The molecule has 0 aromatic carbocycles. The van der Waals surface area contributed by atoms with Gasteiger partial charge >= 0.3 is 0 Å². The lowest BCUT2D eigenvalue weighted by Crippen LogP contribution is -2.23. The molecule has 0 aliphatic heterocycles. The summed E-state index contributed by atoms with van der Waals surface area (Å²) in [6.45, 7) is 1.77. The van der Waals surface area contributed by atoms with Gasteiger partial charge in [0.05, 0.1) is 11.3 Å². The van der Waals surface area contributed by atoms with Crippen LogP contribution in [0.1, 0.15) is 45.1 Å². The minimum absolute atomic E-state index is 0.302. The van der Waals surface area contributed by atoms with Crippen LogP contribution >= 0.6 is 11.8 Å². The van der Waals surface area contributed by atoms with Gasteiger partial charge in [-0.25, -0.2) is 4.68 Å². The molecule has 0 bridgehead atoms. The van der Waals surface area contributed by atoms with Crippen LogP contribution in [0.3, 0.4) is 0 Å². The molecule has 1 amide bonds. The molecule has 1 unspecified atom stereocenters. The van der Waals surface area contributed by atoms with Crippen LogP contribution in [0.25, 0.3) is 0 Å². The Hall–Kier alpha value is -1.11. The van der Waals surface area contributed by atoms with Crippen molar-refractivity contribution in [1.29, 1.82) is 0 Å². The van der Waals surface area contributed by atoms with E-state index in [1.54, 1.807) is 6.92 Å². The average Bonchev–Trinajstić information content (AvgIpc) is 2.78. The number of hydrogen-bond acceptors (Lipinski definition) is 5. The third kappa shape index (κ3) is 2.96. The number of carbonyl (C=O) groups excluding carboxylic acids is 1. The van der Waals surface area contributed by atoms with E-state index in [1.165, 1.54) is 31.0 Å². The fourth-order valence-corrected chi connectivity index (χ4v) is 2.84. The number of thioether (sulfide) groups is 1. The Bertz CT molecular complexity index is 388. The molecule has 7 heteroatoms. The zero-order chi connectivity index (χ0) is 12.3. The number of aromatic nitrogens is 4. The summed E-state index contributed by atoms with van der Waals surface area (Å²) in [7, 11) is 0. The van der Waals surface area contributed by atoms with Crippen LogP contribution in [-0.2, 0) is 4.79 Å². The van der Waals surface area contributed by atoms with Crippen LogP contribution in [0.15, 0.2) is 5.16 Å². The van der Waals surface area contributed by atoms with E-state index in [1.807, 2.05) is 4.68 Å². The number of nitrogens with two attached hydrogens (primary N) is 1. The van der Waals surface area contributed by atoms with Crippen LogP contribution in [0, 0.1) is 0 Å². The first-order valence-corrected chi connectivity index (χ1v) is 6.80. The highest BCUT2D eigenvalue weighted by Crippen LogP contribution is 2.31. The van der Waals surface area contributed by atoms with Gasteiger partial charge in [-0.3, -0.25) is 4.79 Å². The Kier molecular flexibility index (Phi) is 3.98. The largest absolute Gasteiger partial charge is 0.369 e. The minimum atomic E-state index is -0.340. The highest BCUT2D eigenvalue weighted by atomic mass is 32.2. The molecule has 2 N–H and O–H groups in total. The first-order valence-electron chi connectivity index (χ1n) is 5.92. The second kappa shape index (κ2) is 5.48. The lowest BCUT2D eigenvalue weighted by atomic mass is 9.96. The molecule has 2 rings (SSSR count). The van der Waals surface area contributed by atoms with Gasteiger partial charge in [-0.15, -0.1) is 5.10 Å². The summed E-state index contributed by atoms with van der Waals surface area (Å²) in [6.07, 6.45) is 5.96. The molecule has 0 radical (unpaired) electrons. The maximum Gasteiger partial charge on any atom is 0.230 e. The molecule has 0 spiro atoms. The zero-order valence-electron chi connectivity index (χ0n) is 9.87. The lowest BCUT2D eigenvalue weighted by Gasteiger charge is -2.22. The molecule has 1 aromatic heterocycles. The number of amides is 1. The fraction of sp³-hybridized carbons (Fsp3) is 0.800. The van der Waals surface area contributed by atoms with Crippen LogP contribution in [0.2, 0.25) is 0 Å². The lowest BCUT2D eigenvalue weighted by molar-refractivity contribution is -0.117. The maximum atomic E-state index is 11.0. The van der Waals surface area contributed by atoms with Crippen LogP contribution in [-0.4, -0.2) is 31.4 Å². The van der Waals surface area contributed by atoms with E-state index in [0.717, 1.165) is 12.8 Å². The Morgan fingerprint density at radius 2 is 2.18 bits per heavy atom. The molecule has 17 heavy (non-hydrogen) atoms. The first kappa shape index (κ1) is 12.3. The van der Waals surface area contributed by atoms with E-state index in [4.69, 9.17) is 5.73 Å². The average molecular weight is 255 g/mol. The van der Waals surface area contributed by atoms with Crippen molar-refractivity contribution in [1.82, 2.24) is 20.2 Å². The topological polar surface area (TPSA) is 86.7 Å². The molecular formula is C10H17N5OS. The quantitative estimate of drug-likeness (QED) is 0.815. The normalized spacial score (nSPS) is 19.1. The van der Waals surface area contributed by atoms with Crippen molar-refractivity contribution >= 4 is 17.7 Å². The van der Waals surface area contributed by atoms with E-state index in [9.17, 15) is 4.79 Å². The van der Waals surface area contributed by atoms with Gasteiger partial charge in [0.15, 0.2) is 0 Å².